The summed E-state index contributed by atoms with van der Waals surface area (Å²) in [4.78, 5) is 32.0. The van der Waals surface area contributed by atoms with E-state index in [1.807, 2.05) is 17.5 Å². The van der Waals surface area contributed by atoms with Gasteiger partial charge in [-0.1, -0.05) is 30.5 Å². The monoisotopic (exact) mass is 400 g/mol. The Morgan fingerprint density at radius 2 is 2.11 bits per heavy atom. The number of nitrogens with zero attached hydrogens (tertiary/aromatic N) is 3. The Bertz CT molecular complexity index is 930. The first-order valence-electron chi connectivity index (χ1n) is 9.55. The number of ether oxygens (including phenoxy) is 1. The van der Waals surface area contributed by atoms with Crippen LogP contribution in [0, 0.1) is 0 Å². The van der Waals surface area contributed by atoms with Gasteiger partial charge >= 0.3 is 12.0 Å². The zero-order valence-electron chi connectivity index (χ0n) is 15.2. The van der Waals surface area contributed by atoms with E-state index in [1.165, 1.54) is 35.5 Å². The first kappa shape index (κ1) is 17.4. The normalized spacial score (nSPS) is 23.0. The highest BCUT2D eigenvalue weighted by Crippen LogP contribution is 2.37. The van der Waals surface area contributed by atoms with Crippen molar-refractivity contribution in [1.82, 2.24) is 20.4 Å². The van der Waals surface area contributed by atoms with Crippen molar-refractivity contribution in [3.8, 4) is 0 Å². The molecule has 1 fully saturated rings. The number of nitrogens with one attached hydrogen (secondary N) is 1. The second kappa shape index (κ2) is 7.05. The van der Waals surface area contributed by atoms with Crippen LogP contribution in [-0.2, 0) is 16.1 Å². The van der Waals surface area contributed by atoms with Crippen molar-refractivity contribution < 1.29 is 18.8 Å². The van der Waals surface area contributed by atoms with E-state index in [2.05, 4.69) is 15.5 Å². The van der Waals surface area contributed by atoms with E-state index in [9.17, 15) is 9.59 Å². The molecule has 1 saturated carbocycles. The van der Waals surface area contributed by atoms with Crippen molar-refractivity contribution in [1.29, 1.82) is 0 Å². The predicted octanol–water partition coefficient (Wildman–Crippen LogP) is 3.26. The highest BCUT2D eigenvalue weighted by Gasteiger charge is 2.43. The lowest BCUT2D eigenvalue weighted by Crippen LogP contribution is -2.46. The molecule has 0 saturated heterocycles. The van der Waals surface area contributed by atoms with Crippen molar-refractivity contribution >= 4 is 23.3 Å². The number of cyclic esters (lactones) is 1. The van der Waals surface area contributed by atoms with Gasteiger partial charge in [0.05, 0.1) is 23.9 Å². The summed E-state index contributed by atoms with van der Waals surface area (Å²) in [6.45, 7) is 0.228. The lowest BCUT2D eigenvalue weighted by molar-refractivity contribution is -0.136. The molecule has 0 unspecified atom stereocenters. The van der Waals surface area contributed by atoms with Crippen molar-refractivity contribution in [3.63, 3.8) is 0 Å². The fraction of sp³-hybridized carbons (Fsp3) is 0.474. The smallest absolute Gasteiger partial charge is 0.338 e. The fourth-order valence-corrected chi connectivity index (χ4v) is 4.92. The van der Waals surface area contributed by atoms with E-state index in [-0.39, 0.29) is 19.2 Å². The number of rotatable bonds is 4. The molecular weight excluding hydrogens is 380 g/mol. The minimum absolute atomic E-state index is 0.0802. The van der Waals surface area contributed by atoms with Crippen LogP contribution in [0.15, 0.2) is 33.3 Å². The molecule has 2 aromatic heterocycles. The Morgan fingerprint density at radius 1 is 1.25 bits per heavy atom. The van der Waals surface area contributed by atoms with Crippen molar-refractivity contribution in [3.05, 3.63) is 45.4 Å². The summed E-state index contributed by atoms with van der Waals surface area (Å²) in [6, 6.07) is 3.03. The largest absolute Gasteiger partial charge is 0.456 e. The Labute approximate surface area is 165 Å². The van der Waals surface area contributed by atoms with Gasteiger partial charge in [0.15, 0.2) is 5.82 Å². The summed E-state index contributed by atoms with van der Waals surface area (Å²) in [6.07, 6.45) is 5.73. The van der Waals surface area contributed by atoms with Crippen LogP contribution in [0.5, 0.6) is 0 Å². The first-order chi connectivity index (χ1) is 13.7. The highest BCUT2D eigenvalue weighted by molar-refractivity contribution is 7.10. The molecule has 1 aliphatic carbocycles. The van der Waals surface area contributed by atoms with Gasteiger partial charge in [0, 0.05) is 10.8 Å². The third-order valence-corrected chi connectivity index (χ3v) is 6.50. The second-order valence-electron chi connectivity index (χ2n) is 7.30. The average molecular weight is 400 g/mol. The van der Waals surface area contributed by atoms with Crippen LogP contribution in [0.2, 0.25) is 0 Å². The SMILES string of the molecule is O=C1OCC2=C1[C@@H](c1cccs1)NC(=O)N2Cc1noc(C2CCCCC2)n1. The van der Waals surface area contributed by atoms with E-state index >= 15 is 0 Å². The number of esters is 1. The van der Waals surface area contributed by atoms with Gasteiger partial charge in [-0.15, -0.1) is 11.3 Å². The van der Waals surface area contributed by atoms with Crippen LogP contribution in [0.4, 0.5) is 4.79 Å². The molecule has 146 valence electrons. The van der Waals surface area contributed by atoms with Crippen LogP contribution in [-0.4, -0.2) is 33.6 Å². The number of hydrogen-bond donors (Lipinski definition) is 1. The lowest BCUT2D eigenvalue weighted by atomic mass is 9.89. The van der Waals surface area contributed by atoms with E-state index in [0.717, 1.165) is 17.7 Å². The van der Waals surface area contributed by atoms with E-state index in [4.69, 9.17) is 9.26 Å². The molecule has 4 heterocycles. The molecule has 2 aromatic rings. The molecule has 9 heteroatoms. The Hall–Kier alpha value is -2.68. The van der Waals surface area contributed by atoms with Gasteiger partial charge in [-0.3, -0.25) is 4.90 Å². The van der Waals surface area contributed by atoms with Gasteiger partial charge in [0.25, 0.3) is 0 Å². The maximum Gasteiger partial charge on any atom is 0.338 e. The van der Waals surface area contributed by atoms with Gasteiger partial charge in [-0.05, 0) is 24.3 Å². The summed E-state index contributed by atoms with van der Waals surface area (Å²) >= 11 is 1.49. The van der Waals surface area contributed by atoms with Crippen molar-refractivity contribution in [2.75, 3.05) is 6.61 Å². The number of carbonyl (C=O) groups excluding carboxylic acids is 2. The molecule has 0 aromatic carbocycles. The maximum atomic E-state index is 12.8. The highest BCUT2D eigenvalue weighted by atomic mass is 32.1. The first-order valence-corrected chi connectivity index (χ1v) is 10.4. The van der Waals surface area contributed by atoms with Crippen LogP contribution < -0.4 is 5.32 Å². The summed E-state index contributed by atoms with van der Waals surface area (Å²) in [7, 11) is 0. The van der Waals surface area contributed by atoms with Crippen LogP contribution >= 0.6 is 11.3 Å². The Kier molecular flexibility index (Phi) is 4.38. The standard InChI is InChI=1S/C19H20N4O4S/c24-18-15-12(10-26-18)23(19(25)21-16(15)13-7-4-8-28-13)9-14-20-17(27-22-14)11-5-2-1-3-6-11/h4,7-8,11,16H,1-3,5-6,9-10H2,(H,21,25)/t16-/m1/s1. The quantitative estimate of drug-likeness (QED) is 0.791. The molecule has 5 rings (SSSR count). The maximum absolute atomic E-state index is 12.8. The molecule has 0 spiro atoms. The molecule has 28 heavy (non-hydrogen) atoms. The molecule has 2 aliphatic heterocycles. The minimum atomic E-state index is -0.475. The van der Waals surface area contributed by atoms with Crippen LogP contribution in [0.1, 0.15) is 60.7 Å². The lowest BCUT2D eigenvalue weighted by Gasteiger charge is -2.31. The molecule has 3 aliphatic rings. The second-order valence-corrected chi connectivity index (χ2v) is 8.28. The van der Waals surface area contributed by atoms with Crippen LogP contribution in [0.3, 0.4) is 0 Å². The molecule has 8 nitrogen and oxygen atoms in total. The number of hydrogen-bond acceptors (Lipinski definition) is 7. The number of urea groups is 1. The molecule has 1 N–H and O–H groups in total. The number of amides is 2. The molecule has 0 radical (unpaired) electrons. The molecular formula is C19H20N4O4S. The fourth-order valence-electron chi connectivity index (χ4n) is 4.14. The molecule has 2 amide bonds. The van der Waals surface area contributed by atoms with Gasteiger partial charge < -0.3 is 14.6 Å². The number of aromatic nitrogens is 2. The zero-order valence-corrected chi connectivity index (χ0v) is 16.0. The molecule has 0 bridgehead atoms. The van der Waals surface area contributed by atoms with Crippen molar-refractivity contribution in [2.24, 2.45) is 0 Å². The zero-order chi connectivity index (χ0) is 19.1. The van der Waals surface area contributed by atoms with Gasteiger partial charge in [0.2, 0.25) is 5.89 Å². The number of thiophene rings is 1. The van der Waals surface area contributed by atoms with Gasteiger partial charge in [0.1, 0.15) is 6.61 Å². The van der Waals surface area contributed by atoms with Crippen LogP contribution in [0.25, 0.3) is 0 Å². The van der Waals surface area contributed by atoms with Gasteiger partial charge in [-0.2, -0.15) is 4.98 Å². The third kappa shape index (κ3) is 2.99. The average Bonchev–Trinajstić information content (AvgIpc) is 3.46. The minimum Gasteiger partial charge on any atom is -0.456 e. The summed E-state index contributed by atoms with van der Waals surface area (Å²) in [5.74, 6) is 1.00. The summed E-state index contributed by atoms with van der Waals surface area (Å²) in [5, 5.41) is 8.90. The summed E-state index contributed by atoms with van der Waals surface area (Å²) in [5.41, 5.74) is 1.06. The van der Waals surface area contributed by atoms with E-state index in [1.54, 1.807) is 0 Å². The van der Waals surface area contributed by atoms with E-state index < -0.39 is 12.0 Å². The number of carbonyl (C=O) groups is 2. The Morgan fingerprint density at radius 3 is 2.89 bits per heavy atom. The predicted molar refractivity (Wildman–Crippen MR) is 99.2 cm³/mol. The van der Waals surface area contributed by atoms with Gasteiger partial charge in [-0.25, -0.2) is 9.59 Å². The van der Waals surface area contributed by atoms with E-state index in [0.29, 0.717) is 28.9 Å². The topological polar surface area (TPSA) is 97.6 Å². The third-order valence-electron chi connectivity index (χ3n) is 5.56. The Balaban J connectivity index is 1.41. The summed E-state index contributed by atoms with van der Waals surface area (Å²) < 4.78 is 10.7. The van der Waals surface area contributed by atoms with Crippen molar-refractivity contribution in [2.45, 2.75) is 50.6 Å². The molecule has 1 atom stereocenters.